The first-order chi connectivity index (χ1) is 21.5. The van der Waals surface area contributed by atoms with Gasteiger partial charge in [0.15, 0.2) is 0 Å². The number of para-hydroxylation sites is 2. The Bertz CT molecular complexity index is 2140. The predicted molar refractivity (Wildman–Crippen MR) is 181 cm³/mol. The first-order valence-electron chi connectivity index (χ1n) is 15.0. The van der Waals surface area contributed by atoms with Crippen molar-refractivity contribution >= 4 is 21.8 Å². The van der Waals surface area contributed by atoms with Crippen LogP contribution in [-0.2, 0) is 21.1 Å². The monoisotopic (exact) mass is 767 g/mol. The number of hydrogen-bond acceptors (Lipinski definition) is 4. The normalized spacial score (nSPS) is 11.8. The topological polar surface area (TPSA) is 66.2 Å². The summed E-state index contributed by atoms with van der Waals surface area (Å²) in [4.78, 5) is 10.4. The molecule has 0 fully saturated rings. The number of aromatic nitrogens is 2. The molecule has 2 aromatic heterocycles. The van der Waals surface area contributed by atoms with Gasteiger partial charge in [-0.3, -0.25) is 0 Å². The average molecular weight is 768 g/mol. The fourth-order valence-electron chi connectivity index (χ4n) is 5.95. The molecule has 5 heteroatoms. The van der Waals surface area contributed by atoms with E-state index in [0.29, 0.717) is 28.4 Å². The molecule has 0 amide bonds. The van der Waals surface area contributed by atoms with Crippen molar-refractivity contribution in [1.82, 2.24) is 9.97 Å². The Morgan fingerprint density at radius 1 is 0.533 bits per heavy atom. The van der Waals surface area contributed by atoms with Crippen molar-refractivity contribution in [1.29, 1.82) is 0 Å². The fourth-order valence-corrected chi connectivity index (χ4v) is 5.95. The molecule has 0 saturated heterocycles. The van der Waals surface area contributed by atoms with E-state index < -0.39 is 0 Å². The number of benzene rings is 5. The molecule has 7 rings (SSSR count). The molecule has 1 unspecified atom stereocenters. The third-order valence-electron chi connectivity index (χ3n) is 8.61. The zero-order chi connectivity index (χ0) is 30.2. The Labute approximate surface area is 277 Å². The van der Waals surface area contributed by atoms with Crippen LogP contribution in [0, 0.1) is 0 Å². The summed E-state index contributed by atoms with van der Waals surface area (Å²) in [7, 11) is 0. The molecule has 224 valence electrons. The molecule has 1 atom stereocenters. The van der Waals surface area contributed by atoms with Gasteiger partial charge in [-0.05, 0) is 76.6 Å². The molecule has 5 aromatic carbocycles. The van der Waals surface area contributed by atoms with Gasteiger partial charge in [0.1, 0.15) is 11.5 Å². The van der Waals surface area contributed by atoms with E-state index in [1.807, 2.05) is 60.7 Å². The third-order valence-corrected chi connectivity index (χ3v) is 8.61. The van der Waals surface area contributed by atoms with Crippen LogP contribution in [0.25, 0.3) is 66.6 Å². The van der Waals surface area contributed by atoms with Crippen molar-refractivity contribution in [3.63, 3.8) is 0 Å². The van der Waals surface area contributed by atoms with Crippen LogP contribution in [0.15, 0.2) is 127 Å². The Kier molecular flexibility index (Phi) is 8.52. The molecular formula is C40H32N2O2Pt. The van der Waals surface area contributed by atoms with Crippen LogP contribution in [0.3, 0.4) is 0 Å². The van der Waals surface area contributed by atoms with E-state index in [2.05, 4.69) is 68.4 Å². The molecule has 0 spiro atoms. The van der Waals surface area contributed by atoms with Gasteiger partial charge in [-0.15, -0.1) is 0 Å². The van der Waals surface area contributed by atoms with Crippen molar-refractivity contribution in [2.75, 3.05) is 0 Å². The van der Waals surface area contributed by atoms with Gasteiger partial charge in [0.05, 0.1) is 22.4 Å². The smallest absolute Gasteiger partial charge is 0.124 e. The van der Waals surface area contributed by atoms with Gasteiger partial charge in [-0.1, -0.05) is 105 Å². The Balaban J connectivity index is 0.00000357. The largest absolute Gasteiger partial charge is 0.507 e. The second kappa shape index (κ2) is 12.7. The summed E-state index contributed by atoms with van der Waals surface area (Å²) in [6.45, 7) is 4.45. The van der Waals surface area contributed by atoms with E-state index in [-0.39, 0.29) is 32.6 Å². The summed E-state index contributed by atoms with van der Waals surface area (Å²) in [5, 5.41) is 23.6. The van der Waals surface area contributed by atoms with Crippen LogP contribution in [0.2, 0.25) is 0 Å². The van der Waals surface area contributed by atoms with E-state index in [1.165, 1.54) is 5.56 Å². The van der Waals surface area contributed by atoms with Crippen molar-refractivity contribution < 1.29 is 31.3 Å². The summed E-state index contributed by atoms with van der Waals surface area (Å²) >= 11 is 0. The molecule has 45 heavy (non-hydrogen) atoms. The van der Waals surface area contributed by atoms with Gasteiger partial charge in [-0.25, -0.2) is 9.97 Å². The molecule has 2 heterocycles. The van der Waals surface area contributed by atoms with Crippen molar-refractivity contribution in [3.05, 3.63) is 133 Å². The number of phenols is 2. The SMILES string of the molecule is CCC(C)c1ccc(-c2cc(-c3ccccc3O)nc3c2ccc2c(-c4ccccc4)cc(-c4ccccc4O)nc23)cc1.[Pt]. The number of rotatable bonds is 6. The quantitative estimate of drug-likeness (QED) is 0.165. The maximum atomic E-state index is 10.9. The summed E-state index contributed by atoms with van der Waals surface area (Å²) in [6, 6.07) is 41.9. The molecule has 0 aliphatic rings. The summed E-state index contributed by atoms with van der Waals surface area (Å²) < 4.78 is 0. The van der Waals surface area contributed by atoms with Gasteiger partial charge in [0.2, 0.25) is 0 Å². The molecule has 7 aromatic rings. The number of pyridine rings is 2. The molecule has 0 saturated carbocycles. The molecule has 4 nitrogen and oxygen atoms in total. The van der Waals surface area contributed by atoms with Crippen LogP contribution >= 0.6 is 0 Å². The predicted octanol–water partition coefficient (Wildman–Crippen LogP) is 10.4. The number of nitrogens with zero attached hydrogens (tertiary/aromatic N) is 2. The summed E-state index contributed by atoms with van der Waals surface area (Å²) in [5.41, 5.74) is 9.56. The van der Waals surface area contributed by atoms with Crippen LogP contribution in [0.1, 0.15) is 31.7 Å². The first kappa shape index (κ1) is 30.2. The van der Waals surface area contributed by atoms with E-state index >= 15 is 0 Å². The Hall–Kier alpha value is -4.79. The number of phenolic OH excluding ortho intramolecular Hbond substituents is 2. The van der Waals surface area contributed by atoms with Gasteiger partial charge in [-0.2, -0.15) is 0 Å². The van der Waals surface area contributed by atoms with Crippen molar-refractivity contribution in [2.24, 2.45) is 0 Å². The third kappa shape index (κ3) is 5.63. The molecule has 2 N–H and O–H groups in total. The number of aromatic hydroxyl groups is 2. The maximum Gasteiger partial charge on any atom is 0.124 e. The minimum Gasteiger partial charge on any atom is -0.507 e. The maximum absolute atomic E-state index is 10.9. The van der Waals surface area contributed by atoms with Crippen LogP contribution in [-0.4, -0.2) is 20.2 Å². The second-order valence-corrected chi connectivity index (χ2v) is 11.3. The number of hydrogen-bond donors (Lipinski definition) is 2. The molecule has 0 aliphatic carbocycles. The van der Waals surface area contributed by atoms with E-state index in [4.69, 9.17) is 9.97 Å². The Morgan fingerprint density at radius 2 is 0.978 bits per heavy atom. The number of fused-ring (bicyclic) bond motifs is 3. The molecular weight excluding hydrogens is 736 g/mol. The van der Waals surface area contributed by atoms with Gasteiger partial charge in [0.25, 0.3) is 0 Å². The molecule has 0 aliphatic heterocycles. The average Bonchev–Trinajstić information content (AvgIpc) is 3.07. The second-order valence-electron chi connectivity index (χ2n) is 11.3. The van der Waals surface area contributed by atoms with E-state index in [0.717, 1.165) is 50.5 Å². The minimum absolute atomic E-state index is 0. The minimum atomic E-state index is 0. The molecule has 0 bridgehead atoms. The van der Waals surface area contributed by atoms with E-state index in [1.54, 1.807) is 12.1 Å². The van der Waals surface area contributed by atoms with Gasteiger partial charge < -0.3 is 10.2 Å². The van der Waals surface area contributed by atoms with Crippen LogP contribution < -0.4 is 0 Å². The van der Waals surface area contributed by atoms with Crippen molar-refractivity contribution in [2.45, 2.75) is 26.2 Å². The zero-order valence-corrected chi connectivity index (χ0v) is 27.3. The molecule has 0 radical (unpaired) electrons. The van der Waals surface area contributed by atoms with E-state index in [9.17, 15) is 10.2 Å². The summed E-state index contributed by atoms with van der Waals surface area (Å²) in [5.74, 6) is 0.821. The fraction of sp³-hybridized carbons (Fsp3) is 0.100. The van der Waals surface area contributed by atoms with Crippen LogP contribution in [0.4, 0.5) is 0 Å². The van der Waals surface area contributed by atoms with Gasteiger partial charge in [0, 0.05) is 43.0 Å². The zero-order valence-electron chi connectivity index (χ0n) is 25.0. The first-order valence-corrected chi connectivity index (χ1v) is 15.0. The standard InChI is InChI=1S/C40H32N2O2.Pt/c1-3-25(2)26-17-19-28(20-18-26)34-24-36(32-14-8-10-16-38(32)44)42-40-30(34)22-21-29-33(27-11-5-4-6-12-27)23-35(41-39(29)40)31-13-7-9-15-37(31)43;/h4-25,43-44H,3H2,1-2H3;. The van der Waals surface area contributed by atoms with Crippen molar-refractivity contribution in [3.8, 4) is 56.3 Å². The van der Waals surface area contributed by atoms with Gasteiger partial charge >= 0.3 is 0 Å². The summed E-state index contributed by atoms with van der Waals surface area (Å²) in [6.07, 6.45) is 1.08. The van der Waals surface area contributed by atoms with Crippen LogP contribution in [0.5, 0.6) is 11.5 Å². The Morgan fingerprint density at radius 3 is 1.44 bits per heavy atom.